The van der Waals surface area contributed by atoms with Crippen LogP contribution in [0.3, 0.4) is 0 Å². The molecule has 5 nitrogen and oxygen atoms in total. The van der Waals surface area contributed by atoms with E-state index in [-0.39, 0.29) is 35.6 Å². The third-order valence-electron chi connectivity index (χ3n) is 2.94. The van der Waals surface area contributed by atoms with Gasteiger partial charge >= 0.3 is 6.18 Å². The Hall–Kier alpha value is -2.22. The maximum atomic E-state index is 12.5. The molecule has 9 heteroatoms. The van der Waals surface area contributed by atoms with Crippen LogP contribution >= 0.6 is 11.6 Å². The third-order valence-corrected chi connectivity index (χ3v) is 3.23. The second-order valence-corrected chi connectivity index (χ2v) is 5.07. The largest absolute Gasteiger partial charge is 0.459 e. The fourth-order valence-corrected chi connectivity index (χ4v) is 2.00. The summed E-state index contributed by atoms with van der Waals surface area (Å²) in [5.74, 6) is -0.0421. The number of alkyl halides is 3. The van der Waals surface area contributed by atoms with E-state index in [1.807, 2.05) is 0 Å². The highest BCUT2D eigenvalue weighted by Gasteiger charge is 2.31. The predicted octanol–water partition coefficient (Wildman–Crippen LogP) is 3.50. The van der Waals surface area contributed by atoms with Gasteiger partial charge in [-0.3, -0.25) is 4.79 Å². The zero-order chi connectivity index (χ0) is 17.0. The molecule has 0 atom stereocenters. The van der Waals surface area contributed by atoms with Gasteiger partial charge in [0.25, 0.3) is 5.91 Å². The van der Waals surface area contributed by atoms with Crippen molar-refractivity contribution in [2.24, 2.45) is 0 Å². The van der Waals surface area contributed by atoms with Crippen LogP contribution < -0.4 is 10.6 Å². The lowest BCUT2D eigenvalue weighted by Gasteiger charge is -2.11. The van der Waals surface area contributed by atoms with Gasteiger partial charge in [0.1, 0.15) is 5.82 Å². The van der Waals surface area contributed by atoms with E-state index in [0.717, 1.165) is 6.07 Å². The molecule has 2 aromatic rings. The van der Waals surface area contributed by atoms with E-state index >= 15 is 0 Å². The van der Waals surface area contributed by atoms with Gasteiger partial charge in [-0.2, -0.15) is 13.2 Å². The maximum absolute atomic E-state index is 12.5. The molecule has 0 unspecified atom stereocenters. The van der Waals surface area contributed by atoms with Crippen LogP contribution in [0.5, 0.6) is 0 Å². The molecule has 0 saturated heterocycles. The first-order valence-electron chi connectivity index (χ1n) is 6.58. The predicted molar refractivity (Wildman–Crippen MR) is 78.5 cm³/mol. The number of pyridine rings is 1. The van der Waals surface area contributed by atoms with Crippen LogP contribution in [-0.2, 0) is 6.18 Å². The van der Waals surface area contributed by atoms with Crippen LogP contribution in [0.1, 0.15) is 21.7 Å². The van der Waals surface area contributed by atoms with E-state index in [4.69, 9.17) is 16.0 Å². The van der Waals surface area contributed by atoms with Crippen LogP contribution in [0, 0.1) is 6.92 Å². The number of anilines is 1. The first kappa shape index (κ1) is 17.1. The number of aromatic nitrogens is 1. The summed E-state index contributed by atoms with van der Waals surface area (Å²) in [6.07, 6.45) is -2.39. The number of nitrogens with one attached hydrogen (secondary N) is 2. The molecule has 0 radical (unpaired) electrons. The van der Waals surface area contributed by atoms with Gasteiger partial charge in [-0.15, -0.1) is 0 Å². The van der Waals surface area contributed by atoms with E-state index < -0.39 is 11.7 Å². The van der Waals surface area contributed by atoms with Gasteiger partial charge in [-0.1, -0.05) is 11.6 Å². The van der Waals surface area contributed by atoms with Crippen molar-refractivity contribution >= 4 is 23.3 Å². The first-order valence-corrected chi connectivity index (χ1v) is 6.95. The summed E-state index contributed by atoms with van der Waals surface area (Å²) >= 11 is 5.75. The summed E-state index contributed by atoms with van der Waals surface area (Å²) in [5.41, 5.74) is -0.211. The lowest BCUT2D eigenvalue weighted by molar-refractivity contribution is -0.137. The van der Waals surface area contributed by atoms with Crippen molar-refractivity contribution < 1.29 is 22.4 Å². The van der Waals surface area contributed by atoms with Crippen molar-refractivity contribution in [1.29, 1.82) is 0 Å². The molecule has 0 spiro atoms. The van der Waals surface area contributed by atoms with Gasteiger partial charge < -0.3 is 15.1 Å². The number of carbonyl (C=O) groups excluding carboxylic acids is 1. The molecule has 2 rings (SSSR count). The van der Waals surface area contributed by atoms with Gasteiger partial charge in [0, 0.05) is 24.8 Å². The van der Waals surface area contributed by atoms with Gasteiger partial charge in [0.15, 0.2) is 5.76 Å². The molecule has 0 fully saturated rings. The molecule has 0 saturated carbocycles. The third kappa shape index (κ3) is 4.38. The Bertz CT molecular complexity index is 701. The second kappa shape index (κ2) is 6.91. The standard InChI is InChI=1S/C14H13ClF3N3O2/c1-8-2-5-23-11(8)13(22)20-4-3-19-12-10(15)6-9(7-21-12)14(16,17)18/h2,5-7H,3-4H2,1H3,(H,19,21)(H,20,22). The smallest absolute Gasteiger partial charge is 0.417 e. The SMILES string of the molecule is Cc1ccoc1C(=O)NCCNc1ncc(C(F)(F)F)cc1Cl. The molecule has 1 amide bonds. The van der Waals surface area contributed by atoms with Crippen LogP contribution in [-0.4, -0.2) is 24.0 Å². The van der Waals surface area contributed by atoms with Crippen LogP contribution in [0.25, 0.3) is 0 Å². The van der Waals surface area contributed by atoms with Crippen molar-refractivity contribution in [1.82, 2.24) is 10.3 Å². The minimum Gasteiger partial charge on any atom is -0.459 e. The second-order valence-electron chi connectivity index (χ2n) is 4.67. The Kier molecular flexibility index (Phi) is 5.15. The van der Waals surface area contributed by atoms with E-state index in [0.29, 0.717) is 11.8 Å². The van der Waals surface area contributed by atoms with E-state index in [9.17, 15) is 18.0 Å². The number of hydrogen-bond donors (Lipinski definition) is 2. The Balaban J connectivity index is 1.85. The van der Waals surface area contributed by atoms with Crippen LogP contribution in [0.15, 0.2) is 29.0 Å². The maximum Gasteiger partial charge on any atom is 0.417 e. The quantitative estimate of drug-likeness (QED) is 0.812. The normalized spacial score (nSPS) is 11.3. The molecular formula is C14H13ClF3N3O2. The van der Waals surface area contributed by atoms with Crippen LogP contribution in [0.2, 0.25) is 5.02 Å². The summed E-state index contributed by atoms with van der Waals surface area (Å²) < 4.78 is 42.5. The van der Waals surface area contributed by atoms with Gasteiger partial charge in [0.2, 0.25) is 0 Å². The summed E-state index contributed by atoms with van der Waals surface area (Å²) in [6, 6.07) is 2.46. The van der Waals surface area contributed by atoms with Crippen LogP contribution in [0.4, 0.5) is 19.0 Å². The summed E-state index contributed by atoms with van der Waals surface area (Å²) in [6.45, 7) is 2.20. The molecule has 2 aromatic heterocycles. The summed E-state index contributed by atoms with van der Waals surface area (Å²) in [7, 11) is 0. The van der Waals surface area contributed by atoms with E-state index in [1.54, 1.807) is 13.0 Å². The van der Waals surface area contributed by atoms with E-state index in [1.165, 1.54) is 6.26 Å². The van der Waals surface area contributed by atoms with Crippen molar-refractivity contribution in [3.05, 3.63) is 46.5 Å². The minimum absolute atomic E-state index is 0.114. The molecule has 0 aliphatic carbocycles. The lowest BCUT2D eigenvalue weighted by Crippen LogP contribution is -2.29. The van der Waals surface area contributed by atoms with Crippen molar-refractivity contribution in [3.63, 3.8) is 0 Å². The van der Waals surface area contributed by atoms with Gasteiger partial charge in [0.05, 0.1) is 16.8 Å². The highest BCUT2D eigenvalue weighted by molar-refractivity contribution is 6.32. The molecule has 0 bridgehead atoms. The first-order chi connectivity index (χ1) is 10.8. The highest BCUT2D eigenvalue weighted by atomic mass is 35.5. The number of hydrogen-bond acceptors (Lipinski definition) is 4. The molecule has 23 heavy (non-hydrogen) atoms. The van der Waals surface area contributed by atoms with Gasteiger partial charge in [-0.05, 0) is 19.1 Å². The Morgan fingerprint density at radius 3 is 2.70 bits per heavy atom. The topological polar surface area (TPSA) is 67.2 Å². The number of furan rings is 1. The molecule has 0 aliphatic rings. The lowest BCUT2D eigenvalue weighted by atomic mass is 10.2. The molecule has 2 N–H and O–H groups in total. The van der Waals surface area contributed by atoms with Crippen molar-refractivity contribution in [3.8, 4) is 0 Å². The minimum atomic E-state index is -4.50. The fraction of sp³-hybridized carbons (Fsp3) is 0.286. The van der Waals surface area contributed by atoms with E-state index in [2.05, 4.69) is 15.6 Å². The molecule has 2 heterocycles. The van der Waals surface area contributed by atoms with Crippen molar-refractivity contribution in [2.45, 2.75) is 13.1 Å². The Morgan fingerprint density at radius 2 is 2.13 bits per heavy atom. The van der Waals surface area contributed by atoms with Crippen molar-refractivity contribution in [2.75, 3.05) is 18.4 Å². The number of nitrogens with zero attached hydrogens (tertiary/aromatic N) is 1. The molecule has 0 aliphatic heterocycles. The number of carbonyl (C=O) groups is 1. The zero-order valence-corrected chi connectivity index (χ0v) is 12.8. The highest BCUT2D eigenvalue weighted by Crippen LogP contribution is 2.32. The zero-order valence-electron chi connectivity index (χ0n) is 12.0. The Labute approximate surface area is 134 Å². The van der Waals surface area contributed by atoms with Gasteiger partial charge in [-0.25, -0.2) is 4.98 Å². The average Bonchev–Trinajstić information content (AvgIpc) is 2.90. The Morgan fingerprint density at radius 1 is 1.39 bits per heavy atom. The monoisotopic (exact) mass is 347 g/mol. The number of aryl methyl sites for hydroxylation is 1. The number of rotatable bonds is 5. The molecule has 124 valence electrons. The average molecular weight is 348 g/mol. The number of amides is 1. The molecule has 0 aromatic carbocycles. The summed E-state index contributed by atoms with van der Waals surface area (Å²) in [5, 5.41) is 5.21. The fourth-order valence-electron chi connectivity index (χ4n) is 1.77. The summed E-state index contributed by atoms with van der Waals surface area (Å²) in [4.78, 5) is 15.4. The molecular weight excluding hydrogens is 335 g/mol. The number of halogens is 4.